The molecule has 3 rings (SSSR count). The smallest absolute Gasteiger partial charge is 0.232 e. The minimum atomic E-state index is 0.0235. The highest BCUT2D eigenvalue weighted by molar-refractivity contribution is 6.30. The fourth-order valence-corrected chi connectivity index (χ4v) is 2.27. The van der Waals surface area contributed by atoms with Crippen LogP contribution in [-0.4, -0.2) is 10.8 Å². The van der Waals surface area contributed by atoms with Gasteiger partial charge in [0.15, 0.2) is 18.2 Å². The third-order valence-corrected chi connectivity index (χ3v) is 3.52. The molecule has 3 aromatic rings. The van der Waals surface area contributed by atoms with Crippen molar-refractivity contribution in [2.75, 3.05) is 0 Å². The second-order valence-electron chi connectivity index (χ2n) is 5.00. The van der Waals surface area contributed by atoms with E-state index in [0.717, 1.165) is 5.56 Å². The second kappa shape index (κ2) is 6.67. The average Bonchev–Trinajstić information content (AvgIpc) is 3.02. The largest absolute Gasteiger partial charge is 0.484 e. The van der Waals surface area contributed by atoms with E-state index in [-0.39, 0.29) is 12.4 Å². The second-order valence-corrected chi connectivity index (χ2v) is 5.43. The first-order valence-electron chi connectivity index (χ1n) is 7.06. The molecule has 116 valence electrons. The molecule has 0 atom stereocenters. The maximum absolute atomic E-state index is 11.2. The first kappa shape index (κ1) is 15.3. The molecule has 2 aromatic carbocycles. The molecule has 0 fully saturated rings. The highest BCUT2D eigenvalue weighted by atomic mass is 35.5. The zero-order valence-corrected chi connectivity index (χ0v) is 13.2. The van der Waals surface area contributed by atoms with Crippen LogP contribution in [0, 0.1) is 0 Å². The Hall–Kier alpha value is -2.59. The lowest BCUT2D eigenvalue weighted by atomic mass is 10.1. The number of rotatable bonds is 5. The minimum Gasteiger partial charge on any atom is -0.484 e. The summed E-state index contributed by atoms with van der Waals surface area (Å²) >= 11 is 5.97. The zero-order chi connectivity index (χ0) is 16.2. The van der Waals surface area contributed by atoms with Crippen LogP contribution in [0.5, 0.6) is 5.75 Å². The molecule has 0 unspecified atom stereocenters. The normalized spacial score (nSPS) is 10.5. The Bertz CT molecular complexity index is 824. The molecule has 0 bridgehead atoms. The molecule has 4 nitrogen and oxygen atoms in total. The summed E-state index contributed by atoms with van der Waals surface area (Å²) in [5, 5.41) is 0.641. The van der Waals surface area contributed by atoms with Crippen LogP contribution in [0.15, 0.2) is 59.1 Å². The van der Waals surface area contributed by atoms with Gasteiger partial charge in [0.1, 0.15) is 5.75 Å². The van der Waals surface area contributed by atoms with Gasteiger partial charge in [-0.15, -0.1) is 0 Å². The number of benzene rings is 2. The van der Waals surface area contributed by atoms with Crippen molar-refractivity contribution in [1.29, 1.82) is 0 Å². The van der Waals surface area contributed by atoms with Gasteiger partial charge in [0, 0.05) is 16.1 Å². The molecule has 0 spiro atoms. The number of ketones is 1. The van der Waals surface area contributed by atoms with Gasteiger partial charge < -0.3 is 9.15 Å². The van der Waals surface area contributed by atoms with Gasteiger partial charge in [0.05, 0.1) is 6.20 Å². The summed E-state index contributed by atoms with van der Waals surface area (Å²) in [5.41, 5.74) is 1.51. The van der Waals surface area contributed by atoms with Crippen molar-refractivity contribution in [3.8, 4) is 17.1 Å². The van der Waals surface area contributed by atoms with E-state index in [1.54, 1.807) is 36.5 Å². The topological polar surface area (TPSA) is 52.3 Å². The fourth-order valence-electron chi connectivity index (χ4n) is 2.08. The molecular formula is C18H14ClNO3. The molecule has 0 radical (unpaired) electrons. The third-order valence-electron chi connectivity index (χ3n) is 3.29. The predicted octanol–water partition coefficient (Wildman–Crippen LogP) is 4.78. The maximum atomic E-state index is 11.2. The van der Waals surface area contributed by atoms with E-state index in [4.69, 9.17) is 20.8 Å². The number of hydrogen-bond donors (Lipinski definition) is 0. The Labute approximate surface area is 138 Å². The Balaban J connectivity index is 1.66. The summed E-state index contributed by atoms with van der Waals surface area (Å²) in [6, 6.07) is 14.3. The molecule has 1 heterocycles. The molecule has 0 saturated carbocycles. The van der Waals surface area contributed by atoms with Gasteiger partial charge in [0.25, 0.3) is 0 Å². The van der Waals surface area contributed by atoms with Crippen molar-refractivity contribution in [3.05, 3.63) is 71.2 Å². The van der Waals surface area contributed by atoms with Crippen molar-refractivity contribution in [3.63, 3.8) is 0 Å². The van der Waals surface area contributed by atoms with Crippen molar-refractivity contribution >= 4 is 17.4 Å². The lowest BCUT2D eigenvalue weighted by molar-refractivity contribution is 0.101. The number of aromatic nitrogens is 1. The van der Waals surface area contributed by atoms with E-state index in [0.29, 0.717) is 28.0 Å². The number of halogens is 1. The number of carbonyl (C=O) groups is 1. The van der Waals surface area contributed by atoms with Crippen molar-refractivity contribution in [1.82, 2.24) is 4.98 Å². The number of ether oxygens (including phenoxy) is 1. The maximum Gasteiger partial charge on any atom is 0.232 e. The van der Waals surface area contributed by atoms with E-state index in [1.165, 1.54) is 6.92 Å². The Morgan fingerprint density at radius 1 is 1.22 bits per heavy atom. The van der Waals surface area contributed by atoms with Crippen LogP contribution in [0.1, 0.15) is 23.2 Å². The van der Waals surface area contributed by atoms with Crippen LogP contribution in [0.3, 0.4) is 0 Å². The molecule has 1 aromatic heterocycles. The summed E-state index contributed by atoms with van der Waals surface area (Å²) in [5.74, 6) is 1.78. The highest BCUT2D eigenvalue weighted by Crippen LogP contribution is 2.24. The van der Waals surface area contributed by atoms with E-state index in [2.05, 4.69) is 4.98 Å². The van der Waals surface area contributed by atoms with Gasteiger partial charge in [0.2, 0.25) is 5.89 Å². The third kappa shape index (κ3) is 3.79. The first-order chi connectivity index (χ1) is 11.1. The summed E-state index contributed by atoms with van der Waals surface area (Å²) < 4.78 is 11.3. The Morgan fingerprint density at radius 3 is 2.70 bits per heavy atom. The zero-order valence-electron chi connectivity index (χ0n) is 12.5. The number of oxazole rings is 1. The van der Waals surface area contributed by atoms with E-state index in [1.807, 2.05) is 18.2 Å². The average molecular weight is 328 g/mol. The van der Waals surface area contributed by atoms with Gasteiger partial charge in [-0.2, -0.15) is 0 Å². The number of nitrogens with zero attached hydrogens (tertiary/aromatic N) is 1. The molecule has 0 aliphatic rings. The van der Waals surface area contributed by atoms with Crippen LogP contribution in [0.2, 0.25) is 5.02 Å². The van der Waals surface area contributed by atoms with E-state index in [9.17, 15) is 4.79 Å². The number of carbonyl (C=O) groups excluding carboxylic acids is 1. The molecule has 0 N–H and O–H groups in total. The van der Waals surface area contributed by atoms with Gasteiger partial charge in [-0.3, -0.25) is 4.79 Å². The predicted molar refractivity (Wildman–Crippen MR) is 87.7 cm³/mol. The molecule has 23 heavy (non-hydrogen) atoms. The monoisotopic (exact) mass is 327 g/mol. The van der Waals surface area contributed by atoms with Crippen LogP contribution < -0.4 is 4.74 Å². The van der Waals surface area contributed by atoms with Gasteiger partial charge in [-0.1, -0.05) is 23.7 Å². The van der Waals surface area contributed by atoms with Crippen molar-refractivity contribution < 1.29 is 13.9 Å². The van der Waals surface area contributed by atoms with Gasteiger partial charge >= 0.3 is 0 Å². The molecule has 0 aliphatic heterocycles. The molecule has 0 aliphatic carbocycles. The minimum absolute atomic E-state index is 0.0235. The number of hydrogen-bond acceptors (Lipinski definition) is 4. The molecule has 0 saturated heterocycles. The van der Waals surface area contributed by atoms with Crippen LogP contribution in [-0.2, 0) is 6.61 Å². The lowest BCUT2D eigenvalue weighted by Crippen LogP contribution is -1.96. The van der Waals surface area contributed by atoms with Crippen LogP contribution >= 0.6 is 11.6 Å². The Kier molecular flexibility index (Phi) is 4.44. The molecule has 5 heteroatoms. The van der Waals surface area contributed by atoms with Crippen LogP contribution in [0.4, 0.5) is 0 Å². The molecular weight excluding hydrogens is 314 g/mol. The van der Waals surface area contributed by atoms with Gasteiger partial charge in [-0.25, -0.2) is 4.98 Å². The van der Waals surface area contributed by atoms with Crippen molar-refractivity contribution in [2.24, 2.45) is 0 Å². The molecule has 0 amide bonds. The highest BCUT2D eigenvalue weighted by Gasteiger charge is 2.08. The fraction of sp³-hybridized carbons (Fsp3) is 0.111. The summed E-state index contributed by atoms with van der Waals surface area (Å²) in [7, 11) is 0. The summed E-state index contributed by atoms with van der Waals surface area (Å²) in [4.78, 5) is 15.4. The number of Topliss-reactive ketones (excluding diaryl/α,β-unsaturated/α-hetero) is 1. The van der Waals surface area contributed by atoms with E-state index < -0.39 is 0 Å². The first-order valence-corrected chi connectivity index (χ1v) is 7.44. The quantitative estimate of drug-likeness (QED) is 0.633. The SMILES string of the molecule is CC(=O)c1ccc(OCc2ncc(-c3cccc(Cl)c3)o2)cc1. The summed E-state index contributed by atoms with van der Waals surface area (Å²) in [6.07, 6.45) is 1.64. The Morgan fingerprint density at radius 2 is 2.00 bits per heavy atom. The van der Waals surface area contributed by atoms with E-state index >= 15 is 0 Å². The standard InChI is InChI=1S/C18H14ClNO3/c1-12(21)13-5-7-16(8-6-13)22-11-18-20-10-17(23-18)14-3-2-4-15(19)9-14/h2-10H,11H2,1H3. The van der Waals surface area contributed by atoms with Gasteiger partial charge in [-0.05, 0) is 43.3 Å². The lowest BCUT2D eigenvalue weighted by Gasteiger charge is -2.04. The van der Waals surface area contributed by atoms with Crippen molar-refractivity contribution in [2.45, 2.75) is 13.5 Å². The summed E-state index contributed by atoms with van der Waals surface area (Å²) in [6.45, 7) is 1.74. The van der Waals surface area contributed by atoms with Crippen LogP contribution in [0.25, 0.3) is 11.3 Å².